The van der Waals surface area contributed by atoms with Gasteiger partial charge in [-0.15, -0.1) is 0 Å². The summed E-state index contributed by atoms with van der Waals surface area (Å²) >= 11 is 3.59. The first-order valence-corrected chi connectivity index (χ1v) is 6.85. The van der Waals surface area contributed by atoms with E-state index in [2.05, 4.69) is 41.2 Å². The lowest BCUT2D eigenvalue weighted by Crippen LogP contribution is -2.19. The number of aromatic nitrogens is 2. The number of hydrogen-bond donors (Lipinski definition) is 1. The zero-order valence-corrected chi connectivity index (χ0v) is 12.7. The van der Waals surface area contributed by atoms with Gasteiger partial charge in [-0.3, -0.25) is 9.13 Å². The molecule has 0 aliphatic rings. The molecule has 1 aromatic heterocycles. The highest BCUT2D eigenvalue weighted by Crippen LogP contribution is 2.28. The zero-order chi connectivity index (χ0) is 13.4. The molecule has 1 heterocycles. The van der Waals surface area contributed by atoms with Crippen molar-refractivity contribution in [3.63, 3.8) is 0 Å². The third-order valence-electron chi connectivity index (χ3n) is 3.37. The second-order valence-corrected chi connectivity index (χ2v) is 5.40. The molecular formula is C13H18BrN3O. The molecule has 0 fully saturated rings. The van der Waals surface area contributed by atoms with Crippen LogP contribution < -0.4 is 11.0 Å². The van der Waals surface area contributed by atoms with Crippen LogP contribution in [0.5, 0.6) is 0 Å². The van der Waals surface area contributed by atoms with Gasteiger partial charge in [0.2, 0.25) is 0 Å². The fourth-order valence-corrected chi connectivity index (χ4v) is 2.96. The minimum atomic E-state index is 0.00477. The van der Waals surface area contributed by atoms with E-state index in [1.54, 1.807) is 23.2 Å². The number of benzene rings is 1. The standard InChI is InChI=1S/C13H18BrN3O/c1-5-15-8(2)9-6-11-12(7-10(9)14)17(4)13(18)16(11)3/h6-8,15H,5H2,1-4H3. The molecule has 1 unspecified atom stereocenters. The Labute approximate surface area is 115 Å². The van der Waals surface area contributed by atoms with Gasteiger partial charge in [0.25, 0.3) is 0 Å². The summed E-state index contributed by atoms with van der Waals surface area (Å²) in [5.41, 5.74) is 3.09. The van der Waals surface area contributed by atoms with Crippen molar-refractivity contribution in [2.45, 2.75) is 19.9 Å². The number of halogens is 1. The van der Waals surface area contributed by atoms with Gasteiger partial charge in [-0.25, -0.2) is 4.79 Å². The van der Waals surface area contributed by atoms with Crippen molar-refractivity contribution >= 4 is 27.0 Å². The van der Waals surface area contributed by atoms with Crippen LogP contribution in [0.1, 0.15) is 25.5 Å². The second kappa shape index (κ2) is 4.90. The Morgan fingerprint density at radius 1 is 1.28 bits per heavy atom. The van der Waals surface area contributed by atoms with E-state index in [1.165, 1.54) is 5.56 Å². The molecule has 4 nitrogen and oxygen atoms in total. The molecule has 0 aliphatic carbocycles. The predicted molar refractivity (Wildman–Crippen MR) is 78.0 cm³/mol. The number of hydrogen-bond acceptors (Lipinski definition) is 2. The van der Waals surface area contributed by atoms with Gasteiger partial charge in [0.15, 0.2) is 0 Å². The van der Waals surface area contributed by atoms with Gasteiger partial charge in [0, 0.05) is 24.6 Å². The summed E-state index contributed by atoms with van der Waals surface area (Å²) in [5.74, 6) is 0. The number of fused-ring (bicyclic) bond motifs is 1. The lowest BCUT2D eigenvalue weighted by Gasteiger charge is -2.15. The molecule has 0 saturated carbocycles. The van der Waals surface area contributed by atoms with Crippen molar-refractivity contribution in [1.82, 2.24) is 14.5 Å². The van der Waals surface area contributed by atoms with E-state index in [1.807, 2.05) is 6.07 Å². The summed E-state index contributed by atoms with van der Waals surface area (Å²) in [6.07, 6.45) is 0. The summed E-state index contributed by atoms with van der Waals surface area (Å²) in [5, 5.41) is 3.38. The number of aryl methyl sites for hydroxylation is 2. The Kier molecular flexibility index (Phi) is 3.64. The van der Waals surface area contributed by atoms with Crippen molar-refractivity contribution in [2.24, 2.45) is 14.1 Å². The van der Waals surface area contributed by atoms with Crippen LogP contribution in [0.3, 0.4) is 0 Å². The van der Waals surface area contributed by atoms with Crippen molar-refractivity contribution in [2.75, 3.05) is 6.54 Å². The number of nitrogens with one attached hydrogen (secondary N) is 1. The molecule has 1 N–H and O–H groups in total. The smallest absolute Gasteiger partial charge is 0.310 e. The molecule has 0 aliphatic heterocycles. The van der Waals surface area contributed by atoms with Gasteiger partial charge in [-0.2, -0.15) is 0 Å². The first-order valence-electron chi connectivity index (χ1n) is 6.05. The van der Waals surface area contributed by atoms with Crippen LogP contribution in [0.15, 0.2) is 21.4 Å². The maximum Gasteiger partial charge on any atom is 0.328 e. The number of imidazole rings is 1. The highest BCUT2D eigenvalue weighted by Gasteiger charge is 2.14. The fourth-order valence-electron chi connectivity index (χ4n) is 2.28. The average molecular weight is 312 g/mol. The summed E-state index contributed by atoms with van der Waals surface area (Å²) in [6, 6.07) is 4.35. The van der Waals surface area contributed by atoms with Crippen LogP contribution in [0.2, 0.25) is 0 Å². The van der Waals surface area contributed by atoms with E-state index < -0.39 is 0 Å². The summed E-state index contributed by atoms with van der Waals surface area (Å²) < 4.78 is 4.38. The van der Waals surface area contributed by atoms with Gasteiger partial charge in [-0.05, 0) is 31.2 Å². The Hall–Kier alpha value is -1.07. The van der Waals surface area contributed by atoms with Gasteiger partial charge in [0.05, 0.1) is 11.0 Å². The second-order valence-electron chi connectivity index (χ2n) is 4.54. The first-order chi connectivity index (χ1) is 8.47. The summed E-state index contributed by atoms with van der Waals surface area (Å²) in [6.45, 7) is 5.12. The monoisotopic (exact) mass is 311 g/mol. The topological polar surface area (TPSA) is 39.0 Å². The molecule has 0 spiro atoms. The quantitative estimate of drug-likeness (QED) is 0.944. The molecule has 0 saturated heterocycles. The zero-order valence-electron chi connectivity index (χ0n) is 11.1. The maximum atomic E-state index is 11.9. The third kappa shape index (κ3) is 2.01. The van der Waals surface area contributed by atoms with Gasteiger partial charge in [-0.1, -0.05) is 22.9 Å². The third-order valence-corrected chi connectivity index (χ3v) is 4.05. The van der Waals surface area contributed by atoms with E-state index >= 15 is 0 Å². The largest absolute Gasteiger partial charge is 0.328 e. The Morgan fingerprint density at radius 2 is 1.83 bits per heavy atom. The lowest BCUT2D eigenvalue weighted by molar-refractivity contribution is 0.596. The van der Waals surface area contributed by atoms with Crippen LogP contribution in [0.25, 0.3) is 11.0 Å². The Bertz CT molecular complexity index is 642. The number of nitrogens with zero attached hydrogens (tertiary/aromatic N) is 2. The minimum absolute atomic E-state index is 0.00477. The van der Waals surface area contributed by atoms with Crippen LogP contribution in [0.4, 0.5) is 0 Å². The predicted octanol–water partition coefficient (Wildman–Crippen LogP) is 2.31. The molecule has 18 heavy (non-hydrogen) atoms. The van der Waals surface area contributed by atoms with E-state index in [4.69, 9.17) is 0 Å². The van der Waals surface area contributed by atoms with Gasteiger partial charge >= 0.3 is 5.69 Å². The van der Waals surface area contributed by atoms with Crippen LogP contribution in [-0.2, 0) is 14.1 Å². The van der Waals surface area contributed by atoms with E-state index in [-0.39, 0.29) is 11.7 Å². The SMILES string of the molecule is CCNC(C)c1cc2c(cc1Br)n(C)c(=O)n2C. The fraction of sp³-hybridized carbons (Fsp3) is 0.462. The van der Waals surface area contributed by atoms with Crippen molar-refractivity contribution in [1.29, 1.82) is 0 Å². The number of rotatable bonds is 3. The highest BCUT2D eigenvalue weighted by molar-refractivity contribution is 9.10. The highest BCUT2D eigenvalue weighted by atomic mass is 79.9. The molecule has 0 amide bonds. The van der Waals surface area contributed by atoms with E-state index in [9.17, 15) is 4.79 Å². The molecule has 0 radical (unpaired) electrons. The van der Waals surface area contributed by atoms with Crippen LogP contribution in [-0.4, -0.2) is 15.7 Å². The Balaban J connectivity index is 2.68. The normalized spacial score (nSPS) is 13.2. The average Bonchev–Trinajstić information content (AvgIpc) is 2.54. The molecule has 98 valence electrons. The maximum absolute atomic E-state index is 11.9. The molecule has 5 heteroatoms. The van der Waals surface area contributed by atoms with Crippen molar-refractivity contribution in [3.8, 4) is 0 Å². The van der Waals surface area contributed by atoms with E-state index in [0.717, 1.165) is 22.1 Å². The van der Waals surface area contributed by atoms with Gasteiger partial charge in [0.1, 0.15) is 0 Å². The molecule has 1 atom stereocenters. The molecule has 2 aromatic rings. The van der Waals surface area contributed by atoms with Crippen molar-refractivity contribution < 1.29 is 0 Å². The Morgan fingerprint density at radius 3 is 2.39 bits per heavy atom. The molecule has 0 bridgehead atoms. The molecule has 1 aromatic carbocycles. The van der Waals surface area contributed by atoms with Crippen LogP contribution >= 0.6 is 15.9 Å². The van der Waals surface area contributed by atoms with Gasteiger partial charge < -0.3 is 5.32 Å². The first kappa shape index (κ1) is 13.4. The molecule has 2 rings (SSSR count). The lowest BCUT2D eigenvalue weighted by atomic mass is 10.1. The van der Waals surface area contributed by atoms with Crippen LogP contribution in [0, 0.1) is 0 Å². The summed E-state index contributed by atoms with van der Waals surface area (Å²) in [4.78, 5) is 11.9. The van der Waals surface area contributed by atoms with Crippen molar-refractivity contribution in [3.05, 3.63) is 32.7 Å². The minimum Gasteiger partial charge on any atom is -0.310 e. The van der Waals surface area contributed by atoms with E-state index in [0.29, 0.717) is 0 Å². The molecular weight excluding hydrogens is 294 g/mol. The summed E-state index contributed by atoms with van der Waals surface area (Å²) in [7, 11) is 3.60.